The van der Waals surface area contributed by atoms with Gasteiger partial charge in [-0.1, -0.05) is 6.92 Å². The van der Waals surface area contributed by atoms with Crippen molar-refractivity contribution in [1.82, 2.24) is 9.97 Å². The van der Waals surface area contributed by atoms with Crippen LogP contribution in [0.15, 0.2) is 0 Å². The second-order valence-electron chi connectivity index (χ2n) is 5.67. The van der Waals surface area contributed by atoms with Crippen LogP contribution in [0.4, 0.5) is 5.82 Å². The first-order valence-electron chi connectivity index (χ1n) is 7.44. The van der Waals surface area contributed by atoms with Crippen LogP contribution in [0.1, 0.15) is 51.4 Å². The molecular weight excluding hydrogens is 254 g/mol. The van der Waals surface area contributed by atoms with Gasteiger partial charge in [-0.2, -0.15) is 4.98 Å². The predicted octanol–water partition coefficient (Wildman–Crippen LogP) is 2.65. The Hall–Kier alpha value is -1.36. The number of anilines is 1. The van der Waals surface area contributed by atoms with Crippen LogP contribution in [0.2, 0.25) is 0 Å². The van der Waals surface area contributed by atoms with Gasteiger partial charge in [0, 0.05) is 19.3 Å². The zero-order valence-electron chi connectivity index (χ0n) is 12.8. The van der Waals surface area contributed by atoms with E-state index in [1.165, 1.54) is 0 Å². The van der Waals surface area contributed by atoms with Gasteiger partial charge in [0.1, 0.15) is 17.7 Å². The van der Waals surface area contributed by atoms with Gasteiger partial charge in [-0.25, -0.2) is 4.98 Å². The summed E-state index contributed by atoms with van der Waals surface area (Å²) in [6.07, 6.45) is 4.16. The van der Waals surface area contributed by atoms with Gasteiger partial charge in [-0.05, 0) is 27.2 Å². The molecule has 2 unspecified atom stereocenters. The second kappa shape index (κ2) is 6.39. The summed E-state index contributed by atoms with van der Waals surface area (Å²) in [5, 5.41) is 0. The molecule has 0 radical (unpaired) electrons. The van der Waals surface area contributed by atoms with Crippen LogP contribution in [-0.2, 0) is 11.2 Å². The first-order valence-corrected chi connectivity index (χ1v) is 7.44. The Morgan fingerprint density at radius 1 is 1.25 bits per heavy atom. The van der Waals surface area contributed by atoms with Crippen molar-refractivity contribution in [3.63, 3.8) is 0 Å². The maximum atomic E-state index is 6.08. The third-order valence-corrected chi connectivity index (χ3v) is 3.59. The van der Waals surface area contributed by atoms with Crippen LogP contribution in [-0.4, -0.2) is 28.3 Å². The lowest BCUT2D eigenvalue weighted by Gasteiger charge is -2.32. The van der Waals surface area contributed by atoms with Gasteiger partial charge in [-0.15, -0.1) is 0 Å². The Kier molecular flexibility index (Phi) is 4.81. The van der Waals surface area contributed by atoms with E-state index in [1.54, 1.807) is 0 Å². The van der Waals surface area contributed by atoms with Gasteiger partial charge in [0.25, 0.3) is 0 Å². The number of aromatic nitrogens is 2. The maximum absolute atomic E-state index is 6.08. The lowest BCUT2D eigenvalue weighted by Crippen LogP contribution is -2.36. The fourth-order valence-corrected chi connectivity index (χ4v) is 2.61. The van der Waals surface area contributed by atoms with E-state index in [0.717, 1.165) is 37.1 Å². The molecule has 1 fully saturated rings. The van der Waals surface area contributed by atoms with Crippen LogP contribution in [0.3, 0.4) is 0 Å². The normalized spacial score (nSPS) is 26.5. The quantitative estimate of drug-likeness (QED) is 0.917. The van der Waals surface area contributed by atoms with Crippen LogP contribution in [0, 0.1) is 6.92 Å². The van der Waals surface area contributed by atoms with Gasteiger partial charge >= 0.3 is 0 Å². The van der Waals surface area contributed by atoms with Crippen LogP contribution in [0.25, 0.3) is 0 Å². The van der Waals surface area contributed by atoms with Gasteiger partial charge in [0.05, 0.1) is 17.8 Å². The summed E-state index contributed by atoms with van der Waals surface area (Å²) < 4.78 is 11.8. The molecule has 2 N–H and O–H groups in total. The number of hydrogen-bond donors (Lipinski definition) is 1. The van der Waals surface area contributed by atoms with Crippen molar-refractivity contribution in [3.8, 4) is 5.88 Å². The van der Waals surface area contributed by atoms with Gasteiger partial charge < -0.3 is 15.2 Å². The molecule has 112 valence electrons. The van der Waals surface area contributed by atoms with Gasteiger partial charge in [0.15, 0.2) is 0 Å². The lowest BCUT2D eigenvalue weighted by atomic mass is 10.0. The average molecular weight is 279 g/mol. The first-order chi connectivity index (χ1) is 9.49. The predicted molar refractivity (Wildman–Crippen MR) is 78.8 cm³/mol. The molecule has 0 aromatic carbocycles. The molecule has 20 heavy (non-hydrogen) atoms. The van der Waals surface area contributed by atoms with E-state index >= 15 is 0 Å². The fourth-order valence-electron chi connectivity index (χ4n) is 2.61. The van der Waals surface area contributed by atoms with Crippen molar-refractivity contribution in [2.24, 2.45) is 0 Å². The first kappa shape index (κ1) is 15.0. The topological polar surface area (TPSA) is 70.3 Å². The zero-order chi connectivity index (χ0) is 14.7. The van der Waals surface area contributed by atoms with Crippen molar-refractivity contribution < 1.29 is 9.47 Å². The van der Waals surface area contributed by atoms with E-state index in [-0.39, 0.29) is 18.3 Å². The molecule has 0 bridgehead atoms. The SMILES string of the molecule is CCCc1nc(N)c(C)c(OC2CC(C)OC(C)C2)n1. The number of ether oxygens (including phenoxy) is 2. The third kappa shape index (κ3) is 3.60. The molecule has 2 atom stereocenters. The van der Waals surface area contributed by atoms with Crippen LogP contribution < -0.4 is 10.5 Å². The minimum Gasteiger partial charge on any atom is -0.474 e. The highest BCUT2D eigenvalue weighted by molar-refractivity contribution is 5.44. The molecule has 1 aliphatic rings. The molecule has 0 amide bonds. The number of aryl methyl sites for hydroxylation is 1. The van der Waals surface area contributed by atoms with E-state index < -0.39 is 0 Å². The Morgan fingerprint density at radius 3 is 2.50 bits per heavy atom. The molecule has 1 saturated heterocycles. The number of nitrogen functional groups attached to an aromatic ring is 1. The summed E-state index contributed by atoms with van der Waals surface area (Å²) in [6.45, 7) is 8.17. The van der Waals surface area contributed by atoms with Crippen molar-refractivity contribution in [2.45, 2.75) is 71.7 Å². The summed E-state index contributed by atoms with van der Waals surface area (Å²) in [5.41, 5.74) is 6.79. The molecule has 2 heterocycles. The molecule has 0 aliphatic carbocycles. The molecule has 0 spiro atoms. The molecule has 2 rings (SSSR count). The minimum absolute atomic E-state index is 0.135. The summed E-state index contributed by atoms with van der Waals surface area (Å²) >= 11 is 0. The van der Waals surface area contributed by atoms with E-state index in [2.05, 4.69) is 30.7 Å². The Labute approximate surface area is 120 Å². The van der Waals surface area contributed by atoms with Crippen molar-refractivity contribution in [3.05, 3.63) is 11.4 Å². The molecule has 1 aliphatic heterocycles. The molecule has 0 saturated carbocycles. The highest BCUT2D eigenvalue weighted by Crippen LogP contribution is 2.27. The second-order valence-corrected chi connectivity index (χ2v) is 5.67. The number of rotatable bonds is 4. The third-order valence-electron chi connectivity index (χ3n) is 3.59. The smallest absolute Gasteiger partial charge is 0.222 e. The lowest BCUT2D eigenvalue weighted by molar-refractivity contribution is -0.0731. The van der Waals surface area contributed by atoms with Gasteiger partial charge in [-0.3, -0.25) is 0 Å². The standard InChI is InChI=1S/C15H25N3O2/c1-5-6-13-17-14(16)11(4)15(18-13)20-12-7-9(2)19-10(3)8-12/h9-10,12H,5-8H2,1-4H3,(H2,16,17,18). The zero-order valence-corrected chi connectivity index (χ0v) is 12.8. The maximum Gasteiger partial charge on any atom is 0.222 e. The molecule has 1 aromatic rings. The summed E-state index contributed by atoms with van der Waals surface area (Å²) in [7, 11) is 0. The van der Waals surface area contributed by atoms with E-state index in [0.29, 0.717) is 11.7 Å². The number of hydrogen-bond acceptors (Lipinski definition) is 5. The Bertz CT molecular complexity index is 455. The summed E-state index contributed by atoms with van der Waals surface area (Å²) in [4.78, 5) is 8.82. The van der Waals surface area contributed by atoms with E-state index in [1.807, 2.05) is 6.92 Å². The highest BCUT2D eigenvalue weighted by atomic mass is 16.5. The highest BCUT2D eigenvalue weighted by Gasteiger charge is 2.27. The molecule has 1 aromatic heterocycles. The Balaban J connectivity index is 2.15. The van der Waals surface area contributed by atoms with E-state index in [4.69, 9.17) is 15.2 Å². The van der Waals surface area contributed by atoms with Crippen molar-refractivity contribution >= 4 is 5.82 Å². The van der Waals surface area contributed by atoms with Gasteiger partial charge in [0.2, 0.25) is 5.88 Å². The van der Waals surface area contributed by atoms with Crippen LogP contribution >= 0.6 is 0 Å². The number of nitrogens with two attached hydrogens (primary N) is 1. The number of nitrogens with zero attached hydrogens (tertiary/aromatic N) is 2. The summed E-state index contributed by atoms with van der Waals surface area (Å²) in [5.74, 6) is 1.91. The average Bonchev–Trinajstić information content (AvgIpc) is 2.34. The van der Waals surface area contributed by atoms with Crippen LogP contribution in [0.5, 0.6) is 5.88 Å². The molecule has 5 heteroatoms. The van der Waals surface area contributed by atoms with Crippen molar-refractivity contribution in [1.29, 1.82) is 0 Å². The van der Waals surface area contributed by atoms with E-state index in [9.17, 15) is 0 Å². The van der Waals surface area contributed by atoms with Crippen molar-refractivity contribution in [2.75, 3.05) is 5.73 Å². The fraction of sp³-hybridized carbons (Fsp3) is 0.733. The largest absolute Gasteiger partial charge is 0.474 e. The monoisotopic (exact) mass is 279 g/mol. The summed E-state index contributed by atoms with van der Waals surface area (Å²) in [6, 6.07) is 0. The molecular formula is C15H25N3O2. The minimum atomic E-state index is 0.135. The molecule has 5 nitrogen and oxygen atoms in total. The Morgan fingerprint density at radius 2 is 1.90 bits per heavy atom.